The van der Waals surface area contributed by atoms with E-state index in [-0.39, 0.29) is 11.9 Å². The van der Waals surface area contributed by atoms with E-state index in [0.29, 0.717) is 17.2 Å². The van der Waals surface area contributed by atoms with Crippen LogP contribution in [0.1, 0.15) is 36.2 Å². The average molecular weight is 266 g/mol. The SMILES string of the molecule is Cn1cncc1C(=O)N(CC(N)=S)C1CCCC1. The van der Waals surface area contributed by atoms with Crippen LogP contribution in [0.3, 0.4) is 0 Å². The first-order valence-corrected chi connectivity index (χ1v) is 6.56. The first-order chi connectivity index (χ1) is 8.59. The monoisotopic (exact) mass is 266 g/mol. The zero-order valence-electron chi connectivity index (χ0n) is 10.5. The lowest BCUT2D eigenvalue weighted by molar-refractivity contribution is 0.0705. The van der Waals surface area contributed by atoms with Gasteiger partial charge < -0.3 is 15.2 Å². The van der Waals surface area contributed by atoms with Crippen LogP contribution in [0.5, 0.6) is 0 Å². The van der Waals surface area contributed by atoms with E-state index in [1.807, 2.05) is 7.05 Å². The summed E-state index contributed by atoms with van der Waals surface area (Å²) in [7, 11) is 1.81. The van der Waals surface area contributed by atoms with Crippen molar-refractivity contribution < 1.29 is 4.79 Å². The summed E-state index contributed by atoms with van der Waals surface area (Å²) in [4.78, 5) is 18.6. The Labute approximate surface area is 112 Å². The summed E-state index contributed by atoms with van der Waals surface area (Å²) >= 11 is 4.95. The van der Waals surface area contributed by atoms with Gasteiger partial charge in [0.25, 0.3) is 5.91 Å². The van der Waals surface area contributed by atoms with Gasteiger partial charge in [0.05, 0.1) is 24.1 Å². The number of carbonyl (C=O) groups is 1. The first-order valence-electron chi connectivity index (χ1n) is 6.15. The number of nitrogens with zero attached hydrogens (tertiary/aromatic N) is 3. The number of amides is 1. The van der Waals surface area contributed by atoms with E-state index >= 15 is 0 Å². The summed E-state index contributed by atoms with van der Waals surface area (Å²) in [6.07, 6.45) is 7.61. The standard InChI is InChI=1S/C12H18N4OS/c1-15-8-14-6-10(15)12(17)16(7-11(13)18)9-4-2-3-5-9/h6,8-9H,2-5,7H2,1H3,(H2,13,18). The molecule has 98 valence electrons. The second-order valence-corrected chi connectivity index (χ2v) is 5.25. The third kappa shape index (κ3) is 2.69. The van der Waals surface area contributed by atoms with Crippen LogP contribution < -0.4 is 5.73 Å². The molecule has 0 bridgehead atoms. The van der Waals surface area contributed by atoms with Crippen molar-refractivity contribution in [3.8, 4) is 0 Å². The first kappa shape index (κ1) is 13.0. The molecule has 0 aromatic carbocycles. The molecule has 0 spiro atoms. The number of hydrogen-bond donors (Lipinski definition) is 1. The molecule has 2 rings (SSSR count). The molecule has 1 aromatic rings. The fourth-order valence-electron chi connectivity index (χ4n) is 2.46. The van der Waals surface area contributed by atoms with Crippen molar-refractivity contribution in [3.05, 3.63) is 18.2 Å². The van der Waals surface area contributed by atoms with Gasteiger partial charge in [-0.05, 0) is 12.8 Å². The predicted molar refractivity (Wildman–Crippen MR) is 73.3 cm³/mol. The number of rotatable bonds is 4. The van der Waals surface area contributed by atoms with Crippen LogP contribution in [0.4, 0.5) is 0 Å². The summed E-state index contributed by atoms with van der Waals surface area (Å²) in [6.45, 7) is 0.351. The van der Waals surface area contributed by atoms with E-state index in [9.17, 15) is 4.79 Å². The van der Waals surface area contributed by atoms with Gasteiger partial charge in [0.15, 0.2) is 0 Å². The van der Waals surface area contributed by atoms with E-state index in [4.69, 9.17) is 18.0 Å². The van der Waals surface area contributed by atoms with Gasteiger partial charge in [0.1, 0.15) is 5.69 Å². The van der Waals surface area contributed by atoms with Crippen LogP contribution in [0.25, 0.3) is 0 Å². The van der Waals surface area contributed by atoms with Crippen molar-refractivity contribution in [2.45, 2.75) is 31.7 Å². The van der Waals surface area contributed by atoms with Crippen molar-refractivity contribution in [2.75, 3.05) is 6.54 Å². The minimum atomic E-state index is -0.0327. The second-order valence-electron chi connectivity index (χ2n) is 4.73. The van der Waals surface area contributed by atoms with Crippen molar-refractivity contribution in [3.63, 3.8) is 0 Å². The Morgan fingerprint density at radius 1 is 1.61 bits per heavy atom. The van der Waals surface area contributed by atoms with E-state index in [0.717, 1.165) is 25.7 Å². The second kappa shape index (κ2) is 5.48. The highest BCUT2D eigenvalue weighted by atomic mass is 32.1. The molecular weight excluding hydrogens is 248 g/mol. The quantitative estimate of drug-likeness (QED) is 0.829. The van der Waals surface area contributed by atoms with E-state index in [2.05, 4.69) is 4.98 Å². The van der Waals surface area contributed by atoms with Crippen LogP contribution in [0.2, 0.25) is 0 Å². The van der Waals surface area contributed by atoms with E-state index < -0.39 is 0 Å². The van der Waals surface area contributed by atoms with Crippen molar-refractivity contribution >= 4 is 23.1 Å². The number of hydrogen-bond acceptors (Lipinski definition) is 3. The van der Waals surface area contributed by atoms with Crippen molar-refractivity contribution in [1.29, 1.82) is 0 Å². The predicted octanol–water partition coefficient (Wildman–Crippen LogP) is 1.09. The zero-order valence-corrected chi connectivity index (χ0v) is 11.3. The maximum atomic E-state index is 12.5. The molecule has 0 aliphatic heterocycles. The van der Waals surface area contributed by atoms with Gasteiger partial charge in [-0.1, -0.05) is 25.1 Å². The Morgan fingerprint density at radius 3 is 2.78 bits per heavy atom. The number of thiocarbonyl (C=S) groups is 1. The van der Waals surface area contributed by atoms with Crippen molar-refractivity contribution in [2.24, 2.45) is 12.8 Å². The lowest BCUT2D eigenvalue weighted by Crippen LogP contribution is -2.44. The van der Waals surface area contributed by atoms with Crippen LogP contribution >= 0.6 is 12.2 Å². The molecule has 1 saturated carbocycles. The number of aromatic nitrogens is 2. The normalized spacial score (nSPS) is 15.8. The summed E-state index contributed by atoms with van der Waals surface area (Å²) in [6, 6.07) is 0.258. The van der Waals surface area contributed by atoms with Gasteiger partial charge >= 0.3 is 0 Å². The fraction of sp³-hybridized carbons (Fsp3) is 0.583. The fourth-order valence-corrected chi connectivity index (χ4v) is 2.60. The Morgan fingerprint density at radius 2 is 2.28 bits per heavy atom. The van der Waals surface area contributed by atoms with Crippen LogP contribution in [0, 0.1) is 0 Å². The number of nitrogens with two attached hydrogens (primary N) is 1. The number of aryl methyl sites for hydroxylation is 1. The molecule has 1 amide bonds. The highest BCUT2D eigenvalue weighted by molar-refractivity contribution is 7.80. The molecule has 1 aromatic heterocycles. The Bertz CT molecular complexity index is 451. The maximum Gasteiger partial charge on any atom is 0.272 e. The zero-order chi connectivity index (χ0) is 13.1. The molecule has 0 atom stereocenters. The smallest absolute Gasteiger partial charge is 0.272 e. The van der Waals surface area contributed by atoms with Gasteiger partial charge in [0.2, 0.25) is 0 Å². The average Bonchev–Trinajstić information content (AvgIpc) is 2.95. The van der Waals surface area contributed by atoms with Gasteiger partial charge in [-0.3, -0.25) is 4.79 Å². The Kier molecular flexibility index (Phi) is 3.96. The maximum absolute atomic E-state index is 12.5. The molecule has 6 heteroatoms. The molecule has 1 aliphatic rings. The molecule has 5 nitrogen and oxygen atoms in total. The molecule has 1 fully saturated rings. The minimum absolute atomic E-state index is 0.0327. The molecule has 18 heavy (non-hydrogen) atoms. The van der Waals surface area contributed by atoms with Crippen LogP contribution in [-0.2, 0) is 7.05 Å². The van der Waals surface area contributed by atoms with E-state index in [1.165, 1.54) is 0 Å². The number of imidazole rings is 1. The summed E-state index contributed by atoms with van der Waals surface area (Å²) in [5, 5.41) is 0. The molecule has 1 heterocycles. The summed E-state index contributed by atoms with van der Waals surface area (Å²) in [5.74, 6) is -0.0327. The lowest BCUT2D eigenvalue weighted by Gasteiger charge is -2.28. The van der Waals surface area contributed by atoms with Gasteiger partial charge in [-0.2, -0.15) is 0 Å². The largest absolute Gasteiger partial charge is 0.392 e. The summed E-state index contributed by atoms with van der Waals surface area (Å²) < 4.78 is 1.73. The Hall–Kier alpha value is -1.43. The number of carbonyl (C=O) groups excluding carboxylic acids is 1. The Balaban J connectivity index is 2.20. The topological polar surface area (TPSA) is 64.2 Å². The molecule has 1 aliphatic carbocycles. The third-order valence-electron chi connectivity index (χ3n) is 3.39. The molecule has 0 unspecified atom stereocenters. The molecule has 0 saturated heterocycles. The lowest BCUT2D eigenvalue weighted by atomic mass is 10.2. The van der Waals surface area contributed by atoms with Crippen LogP contribution in [0.15, 0.2) is 12.5 Å². The van der Waals surface area contributed by atoms with Gasteiger partial charge in [-0.25, -0.2) is 4.98 Å². The van der Waals surface area contributed by atoms with Crippen molar-refractivity contribution in [1.82, 2.24) is 14.5 Å². The van der Waals surface area contributed by atoms with Gasteiger partial charge in [0, 0.05) is 13.1 Å². The molecule has 0 radical (unpaired) electrons. The third-order valence-corrected chi connectivity index (χ3v) is 3.52. The molecular formula is C12H18N4OS. The van der Waals surface area contributed by atoms with Crippen LogP contribution in [-0.4, -0.2) is 37.9 Å². The summed E-state index contributed by atoms with van der Waals surface area (Å²) in [5.41, 5.74) is 6.19. The van der Waals surface area contributed by atoms with Gasteiger partial charge in [-0.15, -0.1) is 0 Å². The minimum Gasteiger partial charge on any atom is -0.392 e. The molecule has 2 N–H and O–H groups in total. The highest BCUT2D eigenvalue weighted by Gasteiger charge is 2.28. The van der Waals surface area contributed by atoms with E-state index in [1.54, 1.807) is 22.0 Å². The highest BCUT2D eigenvalue weighted by Crippen LogP contribution is 2.24.